The fraction of sp³-hybridized carbons (Fsp3) is 0.241. The van der Waals surface area contributed by atoms with Gasteiger partial charge in [-0.1, -0.05) is 36.4 Å². The zero-order valence-electron chi connectivity index (χ0n) is 21.0. The highest BCUT2D eigenvalue weighted by atomic mass is 16.1. The SMILES string of the molecule is CC(C)n1nc(-c2c(-c3ccccc3)nn3ccc(N4CCN(c5ccccn5)CC4)cc23)ccc1=O. The lowest BCUT2D eigenvalue weighted by Gasteiger charge is -2.36. The van der Waals surface area contributed by atoms with E-state index in [9.17, 15) is 4.79 Å². The molecule has 1 aromatic carbocycles. The number of hydrogen-bond donors (Lipinski definition) is 0. The lowest BCUT2D eigenvalue weighted by molar-refractivity contribution is 0.505. The summed E-state index contributed by atoms with van der Waals surface area (Å²) in [5.74, 6) is 1.02. The van der Waals surface area contributed by atoms with E-state index in [1.807, 2.05) is 67.2 Å². The van der Waals surface area contributed by atoms with Crippen molar-refractivity contribution in [2.45, 2.75) is 19.9 Å². The van der Waals surface area contributed by atoms with Gasteiger partial charge in [-0.25, -0.2) is 14.2 Å². The van der Waals surface area contributed by atoms with Crippen LogP contribution in [-0.4, -0.2) is 50.6 Å². The van der Waals surface area contributed by atoms with Crippen molar-refractivity contribution in [2.75, 3.05) is 36.0 Å². The zero-order valence-corrected chi connectivity index (χ0v) is 21.0. The molecule has 4 aromatic heterocycles. The van der Waals surface area contributed by atoms with Crippen LogP contribution in [0.4, 0.5) is 11.5 Å². The van der Waals surface area contributed by atoms with Gasteiger partial charge in [-0.3, -0.25) is 4.79 Å². The van der Waals surface area contributed by atoms with E-state index in [1.54, 1.807) is 6.07 Å². The molecule has 0 spiro atoms. The Balaban J connectivity index is 1.42. The van der Waals surface area contributed by atoms with Gasteiger partial charge in [-0.2, -0.15) is 10.2 Å². The molecule has 8 nitrogen and oxygen atoms in total. The Morgan fingerprint density at radius 1 is 0.811 bits per heavy atom. The van der Waals surface area contributed by atoms with E-state index in [-0.39, 0.29) is 11.6 Å². The summed E-state index contributed by atoms with van der Waals surface area (Å²) < 4.78 is 3.45. The summed E-state index contributed by atoms with van der Waals surface area (Å²) in [6.07, 6.45) is 3.86. The van der Waals surface area contributed by atoms with Gasteiger partial charge in [0.1, 0.15) is 11.5 Å². The van der Waals surface area contributed by atoms with Crippen molar-refractivity contribution < 1.29 is 0 Å². The van der Waals surface area contributed by atoms with Gasteiger partial charge in [0.2, 0.25) is 0 Å². The minimum absolute atomic E-state index is 0.0413. The van der Waals surface area contributed by atoms with Crippen LogP contribution in [0.25, 0.3) is 28.0 Å². The number of rotatable bonds is 5. The lowest BCUT2D eigenvalue weighted by atomic mass is 10.0. The monoisotopic (exact) mass is 491 g/mol. The molecule has 6 rings (SSSR count). The number of nitrogens with zero attached hydrogens (tertiary/aromatic N) is 7. The summed E-state index contributed by atoms with van der Waals surface area (Å²) in [6.45, 7) is 7.55. The van der Waals surface area contributed by atoms with E-state index in [2.05, 4.69) is 45.1 Å². The van der Waals surface area contributed by atoms with Crippen molar-refractivity contribution in [3.63, 3.8) is 0 Å². The second kappa shape index (κ2) is 9.54. The van der Waals surface area contributed by atoms with Gasteiger partial charge < -0.3 is 9.80 Å². The van der Waals surface area contributed by atoms with Crippen molar-refractivity contribution in [3.8, 4) is 22.5 Å². The van der Waals surface area contributed by atoms with Gasteiger partial charge in [0.05, 0.1) is 22.8 Å². The van der Waals surface area contributed by atoms with Gasteiger partial charge in [-0.15, -0.1) is 0 Å². The zero-order chi connectivity index (χ0) is 25.4. The molecule has 0 aliphatic carbocycles. The van der Waals surface area contributed by atoms with Crippen LogP contribution < -0.4 is 15.4 Å². The second-order valence-electron chi connectivity index (χ2n) is 9.56. The minimum Gasteiger partial charge on any atom is -0.368 e. The van der Waals surface area contributed by atoms with E-state index in [1.165, 1.54) is 4.68 Å². The number of piperazine rings is 1. The Bertz CT molecular complexity index is 1580. The largest absolute Gasteiger partial charge is 0.368 e. The molecule has 0 unspecified atom stereocenters. The van der Waals surface area contributed by atoms with Crippen LogP contribution in [0.5, 0.6) is 0 Å². The van der Waals surface area contributed by atoms with Gasteiger partial charge in [0.15, 0.2) is 0 Å². The summed E-state index contributed by atoms with van der Waals surface area (Å²) in [5.41, 5.74) is 5.52. The maximum absolute atomic E-state index is 12.5. The summed E-state index contributed by atoms with van der Waals surface area (Å²) in [6, 6.07) is 23.9. The van der Waals surface area contributed by atoms with Crippen LogP contribution in [0.2, 0.25) is 0 Å². The number of benzene rings is 1. The third kappa shape index (κ3) is 4.35. The smallest absolute Gasteiger partial charge is 0.267 e. The summed E-state index contributed by atoms with van der Waals surface area (Å²) in [5, 5.41) is 9.71. The van der Waals surface area contributed by atoms with Gasteiger partial charge in [0.25, 0.3) is 5.56 Å². The van der Waals surface area contributed by atoms with Crippen LogP contribution in [0.3, 0.4) is 0 Å². The topological polar surface area (TPSA) is 71.6 Å². The number of fused-ring (bicyclic) bond motifs is 1. The van der Waals surface area contributed by atoms with Crippen molar-refractivity contribution in [1.29, 1.82) is 0 Å². The molecule has 0 amide bonds. The first-order valence-electron chi connectivity index (χ1n) is 12.7. The third-order valence-electron chi connectivity index (χ3n) is 6.85. The maximum Gasteiger partial charge on any atom is 0.267 e. The predicted molar refractivity (Wildman–Crippen MR) is 147 cm³/mol. The number of hydrogen-bond acceptors (Lipinski definition) is 6. The average Bonchev–Trinajstić information content (AvgIpc) is 3.33. The second-order valence-corrected chi connectivity index (χ2v) is 9.56. The highest BCUT2D eigenvalue weighted by Gasteiger charge is 2.22. The quantitative estimate of drug-likeness (QED) is 0.360. The fourth-order valence-electron chi connectivity index (χ4n) is 4.94. The molecule has 1 aliphatic rings. The molecular formula is C29H29N7O. The van der Waals surface area contributed by atoms with Crippen LogP contribution in [0.1, 0.15) is 19.9 Å². The Morgan fingerprint density at radius 2 is 1.57 bits per heavy atom. The van der Waals surface area contributed by atoms with Crippen molar-refractivity contribution in [1.82, 2.24) is 24.4 Å². The Labute approximate surface area is 215 Å². The van der Waals surface area contributed by atoms with Crippen LogP contribution in [0.15, 0.2) is 90.0 Å². The molecule has 1 aliphatic heterocycles. The number of pyridine rings is 2. The summed E-state index contributed by atoms with van der Waals surface area (Å²) in [7, 11) is 0. The predicted octanol–water partition coefficient (Wildman–Crippen LogP) is 4.53. The maximum atomic E-state index is 12.5. The molecule has 0 saturated carbocycles. The molecule has 8 heteroatoms. The highest BCUT2D eigenvalue weighted by Crippen LogP contribution is 2.35. The van der Waals surface area contributed by atoms with Crippen molar-refractivity contribution in [3.05, 3.63) is 95.5 Å². The van der Waals surface area contributed by atoms with E-state index < -0.39 is 0 Å². The lowest BCUT2D eigenvalue weighted by Crippen LogP contribution is -2.46. The molecule has 1 saturated heterocycles. The molecule has 186 valence electrons. The number of aromatic nitrogens is 5. The van der Waals surface area contributed by atoms with Gasteiger partial charge >= 0.3 is 0 Å². The molecule has 0 bridgehead atoms. The summed E-state index contributed by atoms with van der Waals surface area (Å²) in [4.78, 5) is 21.7. The van der Waals surface area contributed by atoms with Crippen molar-refractivity contribution >= 4 is 17.0 Å². The first kappa shape index (κ1) is 23.0. The third-order valence-corrected chi connectivity index (χ3v) is 6.85. The normalized spacial score (nSPS) is 14.0. The molecule has 0 atom stereocenters. The molecule has 1 fully saturated rings. The van der Waals surface area contributed by atoms with E-state index in [0.29, 0.717) is 0 Å². The molecule has 0 radical (unpaired) electrons. The average molecular weight is 492 g/mol. The van der Waals surface area contributed by atoms with Gasteiger partial charge in [0, 0.05) is 55.9 Å². The van der Waals surface area contributed by atoms with Crippen LogP contribution in [-0.2, 0) is 0 Å². The minimum atomic E-state index is -0.108. The molecule has 0 N–H and O–H groups in total. The van der Waals surface area contributed by atoms with E-state index >= 15 is 0 Å². The standard InChI is InChI=1S/C29H29N7O/c1-21(2)36-27(37)12-11-24(31-36)28-25-20-23(13-15-35(25)32-29(28)22-8-4-3-5-9-22)33-16-18-34(19-17-33)26-10-6-7-14-30-26/h3-15,20-21H,16-19H2,1-2H3. The fourth-order valence-corrected chi connectivity index (χ4v) is 4.94. The first-order valence-corrected chi connectivity index (χ1v) is 12.7. The Hall–Kier alpha value is -4.46. The van der Waals surface area contributed by atoms with E-state index in [0.717, 1.165) is 65.7 Å². The highest BCUT2D eigenvalue weighted by molar-refractivity contribution is 5.91. The molecule has 5 heterocycles. The van der Waals surface area contributed by atoms with Crippen molar-refractivity contribution in [2.24, 2.45) is 0 Å². The molecule has 37 heavy (non-hydrogen) atoms. The molecule has 5 aromatic rings. The molecular weight excluding hydrogens is 462 g/mol. The Kier molecular flexibility index (Phi) is 5.92. The first-order chi connectivity index (χ1) is 18.1. The van der Waals surface area contributed by atoms with Gasteiger partial charge in [-0.05, 0) is 44.2 Å². The van der Waals surface area contributed by atoms with Crippen LogP contribution >= 0.6 is 0 Å². The number of anilines is 2. The summed E-state index contributed by atoms with van der Waals surface area (Å²) >= 11 is 0. The Morgan fingerprint density at radius 3 is 2.30 bits per heavy atom. The van der Waals surface area contributed by atoms with E-state index in [4.69, 9.17) is 10.2 Å². The van der Waals surface area contributed by atoms with Crippen LogP contribution in [0, 0.1) is 0 Å².